The number of phenolic OH excluding ortho intramolecular Hbond substituents is 1. The quantitative estimate of drug-likeness (QED) is 0.0251. The molecule has 3 heterocycles. The summed E-state index contributed by atoms with van der Waals surface area (Å²) in [6.07, 6.45) is 15.7. The van der Waals surface area contributed by atoms with Crippen molar-refractivity contribution in [3.05, 3.63) is 89.6 Å². The second kappa shape index (κ2) is 30.0. The molecule has 0 radical (unpaired) electrons. The Labute approximate surface area is 446 Å². The van der Waals surface area contributed by atoms with Crippen LogP contribution in [0.25, 0.3) is 0 Å². The number of benzene rings is 1. The van der Waals surface area contributed by atoms with Gasteiger partial charge in [-0.2, -0.15) is 0 Å². The van der Waals surface area contributed by atoms with Crippen molar-refractivity contribution in [3.63, 3.8) is 0 Å². The van der Waals surface area contributed by atoms with Gasteiger partial charge in [-0.3, -0.25) is 14.4 Å². The minimum absolute atomic E-state index is 0.00877. The third kappa shape index (κ3) is 18.3. The van der Waals surface area contributed by atoms with Gasteiger partial charge in [-0.15, -0.1) is 0 Å². The predicted molar refractivity (Wildman–Crippen MR) is 289 cm³/mol. The maximum atomic E-state index is 14.0. The number of ketones is 1. The van der Waals surface area contributed by atoms with Gasteiger partial charge in [-0.05, 0) is 112 Å². The van der Waals surface area contributed by atoms with Crippen LogP contribution in [0.15, 0.2) is 89.1 Å². The van der Waals surface area contributed by atoms with Gasteiger partial charge in [0.2, 0.25) is 17.7 Å². The Hall–Kier alpha value is -5.13. The van der Waals surface area contributed by atoms with Gasteiger partial charge in [0.05, 0.1) is 36.4 Å². The molecule has 0 saturated carbocycles. The number of Topliss-reactive ketones (excluding diaryl/α,β-unsaturated/α-hetero) is 1. The van der Waals surface area contributed by atoms with E-state index in [4.69, 9.17) is 4.74 Å². The average molecular weight is 1050 g/mol. The van der Waals surface area contributed by atoms with Crippen molar-refractivity contribution in [2.75, 3.05) is 13.1 Å². The maximum Gasteiger partial charge on any atom is 0.434 e. The van der Waals surface area contributed by atoms with E-state index in [0.29, 0.717) is 31.5 Å². The minimum atomic E-state index is -1.42. The maximum absolute atomic E-state index is 14.0. The SMILES string of the molecule is CC[C@H]1C[C@H](C)[C@@]2(NC1=O)O[C@@H](C[C@H](O)[C@@H](C)CC/C=C/C=C(\C)[C@H](O)C/C=C/C=C/[C@@H](O)[C@H](C)[C@@H](O)[C@@H](CCC(C)=O)C(=O)N[C@H](C(=O)N[C@@H](Cc1cccc(O)c1)C(=O)[N+]1=NCCCC1)C(C)C)[C@H](C)C=C2C. The molecule has 75 heavy (non-hydrogen) atoms. The molecule has 1 aromatic carbocycles. The number of nitrogens with zero attached hydrogens (tertiary/aromatic N) is 2. The second-order valence-electron chi connectivity index (χ2n) is 22.0. The van der Waals surface area contributed by atoms with Crippen LogP contribution < -0.4 is 16.0 Å². The van der Waals surface area contributed by atoms with E-state index in [1.54, 1.807) is 51.1 Å². The number of hydrogen-bond donors (Lipinski definition) is 8. The van der Waals surface area contributed by atoms with Crippen molar-refractivity contribution in [3.8, 4) is 5.75 Å². The number of aliphatic hydroxyl groups excluding tert-OH is 4. The lowest BCUT2D eigenvalue weighted by Gasteiger charge is -2.51. The zero-order valence-corrected chi connectivity index (χ0v) is 46.3. The molecule has 8 N–H and O–H groups in total. The molecular formula is C59H90N5O11+. The topological polar surface area (TPSA) is 247 Å². The summed E-state index contributed by atoms with van der Waals surface area (Å²) < 4.78 is 8.06. The van der Waals surface area contributed by atoms with Crippen molar-refractivity contribution in [2.24, 2.45) is 46.5 Å². The third-order valence-corrected chi connectivity index (χ3v) is 15.5. The number of carbonyl (C=O) groups excluding carboxylic acids is 5. The molecule has 0 aromatic heterocycles. The predicted octanol–water partition coefficient (Wildman–Crippen LogP) is 7.08. The first-order valence-electron chi connectivity index (χ1n) is 27.4. The first-order chi connectivity index (χ1) is 35.5. The summed E-state index contributed by atoms with van der Waals surface area (Å²) in [6.45, 7) is 19.5. The lowest BCUT2D eigenvalue weighted by molar-refractivity contribution is -0.523. The summed E-state index contributed by atoms with van der Waals surface area (Å²) in [6, 6.07) is 4.20. The zero-order valence-electron chi connectivity index (χ0n) is 46.3. The lowest BCUT2D eigenvalue weighted by Crippen LogP contribution is -2.64. The van der Waals surface area contributed by atoms with Crippen LogP contribution in [-0.2, 0) is 35.1 Å². The molecule has 3 aliphatic rings. The number of azo groups is 2. The number of ether oxygens (including phenoxy) is 1. The summed E-state index contributed by atoms with van der Waals surface area (Å²) in [7, 11) is 0. The molecule has 0 unspecified atom stereocenters. The van der Waals surface area contributed by atoms with Crippen LogP contribution in [0.2, 0.25) is 0 Å². The Balaban J connectivity index is 1.28. The summed E-state index contributed by atoms with van der Waals surface area (Å²) >= 11 is 0. The first-order valence-corrected chi connectivity index (χ1v) is 27.4. The monoisotopic (exact) mass is 1040 g/mol. The normalized spacial score (nSPS) is 25.2. The molecule has 416 valence electrons. The van der Waals surface area contributed by atoms with Gasteiger partial charge in [0.25, 0.3) is 0 Å². The van der Waals surface area contributed by atoms with Gasteiger partial charge in [-0.1, -0.05) is 114 Å². The van der Waals surface area contributed by atoms with Gasteiger partial charge in [0, 0.05) is 49.4 Å². The fraction of sp³-hybridized carbons (Fsp3) is 0.644. The molecule has 0 bridgehead atoms. The number of nitrogens with one attached hydrogen (secondary N) is 3. The summed E-state index contributed by atoms with van der Waals surface area (Å²) in [4.78, 5) is 66.7. The van der Waals surface area contributed by atoms with Crippen molar-refractivity contribution in [2.45, 2.75) is 188 Å². The van der Waals surface area contributed by atoms with Crippen LogP contribution in [0.1, 0.15) is 139 Å². The Morgan fingerprint density at radius 1 is 0.973 bits per heavy atom. The highest BCUT2D eigenvalue weighted by Gasteiger charge is 2.51. The Morgan fingerprint density at radius 2 is 1.71 bits per heavy atom. The first kappa shape index (κ1) is 62.4. The van der Waals surface area contributed by atoms with Crippen LogP contribution in [0.4, 0.5) is 0 Å². The molecule has 1 aromatic rings. The number of carbonyl (C=O) groups is 5. The van der Waals surface area contributed by atoms with E-state index in [9.17, 15) is 49.5 Å². The highest BCUT2D eigenvalue weighted by atomic mass is 16.5. The van der Waals surface area contributed by atoms with Gasteiger partial charge in [-0.25, -0.2) is 4.79 Å². The van der Waals surface area contributed by atoms with Crippen molar-refractivity contribution < 1.29 is 58.9 Å². The van der Waals surface area contributed by atoms with E-state index in [1.807, 2.05) is 45.9 Å². The molecule has 14 atom stereocenters. The van der Waals surface area contributed by atoms with Crippen LogP contribution in [0.3, 0.4) is 0 Å². The van der Waals surface area contributed by atoms with Gasteiger partial charge < -0.3 is 51.0 Å². The van der Waals surface area contributed by atoms with E-state index in [0.717, 1.165) is 49.7 Å². The molecule has 0 aliphatic carbocycles. The van der Waals surface area contributed by atoms with E-state index >= 15 is 0 Å². The minimum Gasteiger partial charge on any atom is -0.508 e. The second-order valence-corrected chi connectivity index (χ2v) is 22.0. The fourth-order valence-electron chi connectivity index (χ4n) is 10.2. The molecule has 4 amide bonds. The Morgan fingerprint density at radius 3 is 2.36 bits per heavy atom. The van der Waals surface area contributed by atoms with Crippen molar-refractivity contribution in [1.82, 2.24) is 16.0 Å². The number of piperidine rings is 1. The molecule has 3 aliphatic heterocycles. The van der Waals surface area contributed by atoms with Crippen LogP contribution in [0.5, 0.6) is 5.75 Å². The van der Waals surface area contributed by atoms with Crippen LogP contribution in [0, 0.1) is 41.4 Å². The third-order valence-electron chi connectivity index (χ3n) is 15.5. The summed E-state index contributed by atoms with van der Waals surface area (Å²) in [5.74, 6) is -4.19. The Kier molecular flexibility index (Phi) is 24.9. The van der Waals surface area contributed by atoms with Crippen LogP contribution in [-0.4, -0.2) is 121 Å². The number of aromatic hydroxyl groups is 1. The number of aliphatic hydroxyl groups is 4. The van der Waals surface area contributed by atoms with E-state index in [1.165, 1.54) is 29.8 Å². The van der Waals surface area contributed by atoms with Gasteiger partial charge >= 0.3 is 5.91 Å². The van der Waals surface area contributed by atoms with Gasteiger partial charge in [0.15, 0.2) is 18.3 Å². The lowest BCUT2D eigenvalue weighted by atomic mass is 9.75. The fourth-order valence-corrected chi connectivity index (χ4v) is 10.2. The molecular weight excluding hydrogens is 955 g/mol. The molecule has 1 saturated heterocycles. The summed E-state index contributed by atoms with van der Waals surface area (Å²) in [5.41, 5.74) is 1.54. The zero-order chi connectivity index (χ0) is 55.6. The molecule has 16 nitrogen and oxygen atoms in total. The van der Waals surface area contributed by atoms with Gasteiger partial charge in [0.1, 0.15) is 24.1 Å². The van der Waals surface area contributed by atoms with E-state index in [-0.39, 0.29) is 66.5 Å². The molecule has 16 heteroatoms. The number of rotatable bonds is 27. The smallest absolute Gasteiger partial charge is 0.434 e. The number of phenols is 1. The molecule has 4 rings (SSSR count). The standard InChI is InChI=1S/C59H89N5O11/c1-11-45-32-41(8)59(63-55(45)71)40(7)31-39(6)52(75-59)35-51(69)38(5)22-15-12-14-21-37(4)49(67)25-16-13-17-26-50(68)43(10)54(70)47(28-27-42(9)65)56(72)62-53(36(2)3)57(73)61-48(34-44-23-20-24-46(66)33-44)58(74)64-30-19-18-29-60-64/h12-14,16-17,20-21,23-24,26,31,33,36,38-39,41,43,45,47-54,67-70H,11,15,18-19,22,25,27-30,32,34-35H2,1-10H3,(H3-,61,62,63,66,71,72,73)/p+1/b14-12+,16-13+,26-17+,37-21+/t38-,39+,41-,43-,45-,47+,48-,49+,50+,51-,52-,53-,54+,59-/m0/s1. The highest BCUT2D eigenvalue weighted by Crippen LogP contribution is 2.43. The molecule has 1 spiro atoms. The number of hydrogen-bond acceptors (Lipinski definition) is 12. The molecule has 1 fully saturated rings. The van der Waals surface area contributed by atoms with Crippen molar-refractivity contribution >= 4 is 29.4 Å². The number of allylic oxidation sites excluding steroid dienone is 5. The summed E-state index contributed by atoms with van der Waals surface area (Å²) in [5, 5.41) is 68.0. The van der Waals surface area contributed by atoms with E-state index in [2.05, 4.69) is 41.0 Å². The number of amides is 4. The van der Waals surface area contributed by atoms with E-state index < -0.39 is 77.7 Å². The van der Waals surface area contributed by atoms with Crippen LogP contribution >= 0.6 is 0 Å². The van der Waals surface area contributed by atoms with Crippen molar-refractivity contribution in [1.29, 1.82) is 0 Å². The average Bonchev–Trinajstić information content (AvgIpc) is 3.36. The largest absolute Gasteiger partial charge is 0.508 e. The Bertz CT molecular complexity index is 2270. The highest BCUT2D eigenvalue weighted by molar-refractivity contribution is 5.91.